The fraction of sp³-hybridized carbons (Fsp3) is 0.118. The fourth-order valence-corrected chi connectivity index (χ4v) is 1.91. The average molecular weight is 321 g/mol. The van der Waals surface area contributed by atoms with Crippen molar-refractivity contribution < 1.29 is 22.7 Å². The van der Waals surface area contributed by atoms with Crippen molar-refractivity contribution in [1.29, 1.82) is 0 Å². The first kappa shape index (κ1) is 16.6. The lowest BCUT2D eigenvalue weighted by atomic mass is 10.1. The van der Waals surface area contributed by atoms with Gasteiger partial charge in [0.2, 0.25) is 0 Å². The number of nitrogens with one attached hydrogen (secondary N) is 1. The SMILES string of the molecule is C=CCOC(=O)c1ccccc1Nc1cccc(C(F)(F)F)c1. The van der Waals surface area contributed by atoms with Gasteiger partial charge >= 0.3 is 12.1 Å². The highest BCUT2D eigenvalue weighted by Gasteiger charge is 2.30. The van der Waals surface area contributed by atoms with Crippen LogP contribution in [0, 0.1) is 0 Å². The molecule has 23 heavy (non-hydrogen) atoms. The van der Waals surface area contributed by atoms with E-state index in [1.807, 2.05) is 0 Å². The number of anilines is 2. The van der Waals surface area contributed by atoms with Crippen LogP contribution in [0.3, 0.4) is 0 Å². The van der Waals surface area contributed by atoms with Crippen molar-refractivity contribution in [3.05, 3.63) is 72.3 Å². The number of carbonyl (C=O) groups excluding carboxylic acids is 1. The number of halogens is 3. The predicted molar refractivity (Wildman–Crippen MR) is 81.6 cm³/mol. The smallest absolute Gasteiger partial charge is 0.416 e. The van der Waals surface area contributed by atoms with Crippen molar-refractivity contribution >= 4 is 17.3 Å². The third kappa shape index (κ3) is 4.35. The summed E-state index contributed by atoms with van der Waals surface area (Å²) in [4.78, 5) is 12.0. The molecule has 2 rings (SSSR count). The Balaban J connectivity index is 2.27. The number of ether oxygens (including phenoxy) is 1. The standard InChI is InChI=1S/C17H14F3NO2/c1-2-10-23-16(22)14-8-3-4-9-15(14)21-13-7-5-6-12(11-13)17(18,19)20/h2-9,11,21H,1,10H2. The molecule has 0 atom stereocenters. The summed E-state index contributed by atoms with van der Waals surface area (Å²) in [5.74, 6) is -0.583. The molecule has 0 aliphatic heterocycles. The van der Waals surface area contributed by atoms with Gasteiger partial charge in [-0.3, -0.25) is 0 Å². The maximum absolute atomic E-state index is 12.7. The maximum Gasteiger partial charge on any atom is 0.416 e. The molecule has 3 nitrogen and oxygen atoms in total. The number of hydrogen-bond donors (Lipinski definition) is 1. The first-order valence-electron chi connectivity index (χ1n) is 6.73. The van der Waals surface area contributed by atoms with Gasteiger partial charge in [-0.1, -0.05) is 30.9 Å². The summed E-state index contributed by atoms with van der Waals surface area (Å²) < 4.78 is 43.2. The molecule has 1 N–H and O–H groups in total. The number of esters is 1. The van der Waals surface area contributed by atoms with Gasteiger partial charge in [-0.15, -0.1) is 0 Å². The van der Waals surface area contributed by atoms with Gasteiger partial charge < -0.3 is 10.1 Å². The van der Waals surface area contributed by atoms with E-state index in [0.717, 1.165) is 12.1 Å². The quantitative estimate of drug-likeness (QED) is 0.635. The summed E-state index contributed by atoms with van der Waals surface area (Å²) in [6, 6.07) is 11.2. The van der Waals surface area contributed by atoms with Crippen molar-refractivity contribution in [3.63, 3.8) is 0 Å². The molecule has 0 amide bonds. The summed E-state index contributed by atoms with van der Waals surface area (Å²) in [5.41, 5.74) is 0.0469. The van der Waals surface area contributed by atoms with E-state index in [-0.39, 0.29) is 17.9 Å². The summed E-state index contributed by atoms with van der Waals surface area (Å²) in [6.07, 6.45) is -3.00. The van der Waals surface area contributed by atoms with Gasteiger partial charge in [0.1, 0.15) is 6.61 Å². The summed E-state index contributed by atoms with van der Waals surface area (Å²) >= 11 is 0. The normalized spacial score (nSPS) is 10.9. The zero-order chi connectivity index (χ0) is 16.9. The summed E-state index contributed by atoms with van der Waals surface area (Å²) in [5, 5.41) is 2.82. The molecule has 0 aromatic heterocycles. The molecule has 120 valence electrons. The van der Waals surface area contributed by atoms with Gasteiger partial charge in [0.25, 0.3) is 0 Å². The molecular formula is C17H14F3NO2. The van der Waals surface area contributed by atoms with E-state index in [9.17, 15) is 18.0 Å². The Morgan fingerprint density at radius 2 is 1.91 bits per heavy atom. The Labute approximate surface area is 131 Å². The Morgan fingerprint density at radius 1 is 1.17 bits per heavy atom. The number of hydrogen-bond acceptors (Lipinski definition) is 3. The Bertz CT molecular complexity index is 711. The molecule has 0 saturated heterocycles. The van der Waals surface area contributed by atoms with Crippen LogP contribution in [0.4, 0.5) is 24.5 Å². The zero-order valence-corrected chi connectivity index (χ0v) is 12.1. The Kier molecular flexibility index (Phi) is 5.05. The van der Waals surface area contributed by atoms with Crippen LogP contribution in [-0.4, -0.2) is 12.6 Å². The highest BCUT2D eigenvalue weighted by Crippen LogP contribution is 2.31. The summed E-state index contributed by atoms with van der Waals surface area (Å²) in [6.45, 7) is 3.50. The zero-order valence-electron chi connectivity index (χ0n) is 12.1. The molecule has 0 radical (unpaired) electrons. The van der Waals surface area contributed by atoms with E-state index in [1.165, 1.54) is 24.3 Å². The van der Waals surface area contributed by atoms with Gasteiger partial charge in [-0.2, -0.15) is 13.2 Å². The second-order valence-electron chi connectivity index (χ2n) is 4.64. The number of benzene rings is 2. The molecule has 0 bridgehead atoms. The molecule has 0 heterocycles. The van der Waals surface area contributed by atoms with E-state index in [2.05, 4.69) is 11.9 Å². The minimum atomic E-state index is -4.43. The lowest BCUT2D eigenvalue weighted by Crippen LogP contribution is -2.09. The number of carbonyl (C=O) groups is 1. The van der Waals surface area contributed by atoms with Crippen LogP contribution in [0.2, 0.25) is 0 Å². The van der Waals surface area contributed by atoms with Gasteiger partial charge in [0.15, 0.2) is 0 Å². The molecule has 0 aliphatic rings. The first-order valence-corrected chi connectivity index (χ1v) is 6.73. The molecule has 0 fully saturated rings. The van der Waals surface area contributed by atoms with Crippen LogP contribution >= 0.6 is 0 Å². The highest BCUT2D eigenvalue weighted by molar-refractivity contribution is 5.96. The topological polar surface area (TPSA) is 38.3 Å². The second-order valence-corrected chi connectivity index (χ2v) is 4.64. The second kappa shape index (κ2) is 7.00. The van der Waals surface area contributed by atoms with Crippen LogP contribution < -0.4 is 5.32 Å². The van der Waals surface area contributed by atoms with Gasteiger partial charge in [-0.25, -0.2) is 4.79 Å². The third-order valence-electron chi connectivity index (χ3n) is 2.95. The summed E-state index contributed by atoms with van der Waals surface area (Å²) in [7, 11) is 0. The lowest BCUT2D eigenvalue weighted by Gasteiger charge is -2.13. The van der Waals surface area contributed by atoms with Crippen LogP contribution in [0.1, 0.15) is 15.9 Å². The highest BCUT2D eigenvalue weighted by atomic mass is 19.4. The van der Waals surface area contributed by atoms with Crippen LogP contribution in [0.25, 0.3) is 0 Å². The molecule has 2 aromatic rings. The number of rotatable bonds is 5. The largest absolute Gasteiger partial charge is 0.458 e. The number of para-hydroxylation sites is 1. The average Bonchev–Trinajstić information content (AvgIpc) is 2.52. The van der Waals surface area contributed by atoms with E-state index < -0.39 is 17.7 Å². The van der Waals surface area contributed by atoms with Crippen molar-refractivity contribution in [2.24, 2.45) is 0 Å². The molecule has 0 aliphatic carbocycles. The monoisotopic (exact) mass is 321 g/mol. The van der Waals surface area contributed by atoms with Crippen molar-refractivity contribution in [3.8, 4) is 0 Å². The van der Waals surface area contributed by atoms with Gasteiger partial charge in [-0.05, 0) is 30.3 Å². The van der Waals surface area contributed by atoms with Crippen molar-refractivity contribution in [1.82, 2.24) is 0 Å². The third-order valence-corrected chi connectivity index (χ3v) is 2.95. The van der Waals surface area contributed by atoms with Crippen molar-refractivity contribution in [2.45, 2.75) is 6.18 Å². The predicted octanol–water partition coefficient (Wildman–Crippen LogP) is 4.79. The minimum absolute atomic E-state index is 0.0523. The Hall–Kier alpha value is -2.76. The van der Waals surface area contributed by atoms with E-state index in [4.69, 9.17) is 4.74 Å². The van der Waals surface area contributed by atoms with Gasteiger partial charge in [0, 0.05) is 5.69 Å². The molecule has 0 saturated carbocycles. The van der Waals surface area contributed by atoms with E-state index >= 15 is 0 Å². The molecular weight excluding hydrogens is 307 g/mol. The van der Waals surface area contributed by atoms with Crippen LogP contribution in [0.5, 0.6) is 0 Å². The first-order chi connectivity index (χ1) is 10.9. The maximum atomic E-state index is 12.7. The van der Waals surface area contributed by atoms with Crippen LogP contribution in [-0.2, 0) is 10.9 Å². The molecule has 2 aromatic carbocycles. The molecule has 6 heteroatoms. The van der Waals surface area contributed by atoms with Gasteiger partial charge in [0.05, 0.1) is 16.8 Å². The fourth-order valence-electron chi connectivity index (χ4n) is 1.91. The van der Waals surface area contributed by atoms with Crippen LogP contribution in [0.15, 0.2) is 61.2 Å². The number of alkyl halides is 3. The van der Waals surface area contributed by atoms with Crippen molar-refractivity contribution in [2.75, 3.05) is 11.9 Å². The Morgan fingerprint density at radius 3 is 2.61 bits per heavy atom. The van der Waals surface area contributed by atoms with E-state index in [0.29, 0.717) is 5.69 Å². The molecule has 0 spiro atoms. The lowest BCUT2D eigenvalue weighted by molar-refractivity contribution is -0.137. The molecule has 0 unspecified atom stereocenters. The van der Waals surface area contributed by atoms with E-state index in [1.54, 1.807) is 18.2 Å². The minimum Gasteiger partial charge on any atom is -0.458 e.